The summed E-state index contributed by atoms with van der Waals surface area (Å²) in [6.07, 6.45) is 8.25. The lowest BCUT2D eigenvalue weighted by atomic mass is 9.91. The molecular weight excluding hydrogens is 246 g/mol. The van der Waals surface area contributed by atoms with Crippen LogP contribution in [0.3, 0.4) is 0 Å². The Bertz CT molecular complexity index is 249. The van der Waals surface area contributed by atoms with Crippen LogP contribution in [-0.4, -0.2) is 61.7 Å². The van der Waals surface area contributed by atoms with Crippen LogP contribution in [0.15, 0.2) is 0 Å². The van der Waals surface area contributed by atoms with E-state index in [9.17, 15) is 0 Å². The fourth-order valence-corrected chi connectivity index (χ4v) is 3.82. The number of rotatable bonds is 8. The molecule has 0 saturated carbocycles. The third-order valence-electron chi connectivity index (χ3n) is 5.11. The lowest BCUT2D eigenvalue weighted by molar-refractivity contribution is 0.150. The summed E-state index contributed by atoms with van der Waals surface area (Å²) in [5, 5.41) is 3.79. The molecule has 2 unspecified atom stereocenters. The van der Waals surface area contributed by atoms with Crippen molar-refractivity contribution in [3.05, 3.63) is 0 Å². The standard InChI is InChI=1S/C17H35N3/c1-3-10-20-13-6-8-17(15-20)16(2)18-9-7-14-19-11-4-5-12-19/h16-18H,3-15H2,1-2H3. The smallest absolute Gasteiger partial charge is 0.00792 e. The first-order valence-corrected chi connectivity index (χ1v) is 8.97. The van der Waals surface area contributed by atoms with E-state index in [1.807, 2.05) is 0 Å². The molecule has 0 radical (unpaired) electrons. The molecule has 118 valence electrons. The Morgan fingerprint density at radius 1 is 1.05 bits per heavy atom. The summed E-state index contributed by atoms with van der Waals surface area (Å²) in [5.74, 6) is 0.863. The van der Waals surface area contributed by atoms with Crippen molar-refractivity contribution in [3.8, 4) is 0 Å². The Morgan fingerprint density at radius 3 is 2.55 bits per heavy atom. The van der Waals surface area contributed by atoms with Gasteiger partial charge in [-0.2, -0.15) is 0 Å². The highest BCUT2D eigenvalue weighted by Crippen LogP contribution is 2.19. The first-order chi connectivity index (χ1) is 9.79. The molecule has 0 aromatic carbocycles. The van der Waals surface area contributed by atoms with Crippen LogP contribution in [-0.2, 0) is 0 Å². The minimum atomic E-state index is 0.688. The summed E-state index contributed by atoms with van der Waals surface area (Å²) in [6.45, 7) is 13.8. The summed E-state index contributed by atoms with van der Waals surface area (Å²) in [4.78, 5) is 5.28. The van der Waals surface area contributed by atoms with Crippen molar-refractivity contribution in [2.24, 2.45) is 5.92 Å². The van der Waals surface area contributed by atoms with Crippen molar-refractivity contribution in [1.29, 1.82) is 0 Å². The first-order valence-electron chi connectivity index (χ1n) is 8.97. The number of likely N-dealkylation sites (tertiary alicyclic amines) is 2. The van der Waals surface area contributed by atoms with E-state index in [-0.39, 0.29) is 0 Å². The summed E-state index contributed by atoms with van der Waals surface area (Å²) >= 11 is 0. The van der Waals surface area contributed by atoms with Gasteiger partial charge in [-0.3, -0.25) is 0 Å². The quantitative estimate of drug-likeness (QED) is 0.690. The zero-order chi connectivity index (χ0) is 14.2. The summed E-state index contributed by atoms with van der Waals surface area (Å²) < 4.78 is 0. The second-order valence-corrected chi connectivity index (χ2v) is 6.85. The maximum absolute atomic E-state index is 3.79. The molecule has 0 aromatic heterocycles. The van der Waals surface area contributed by atoms with Gasteiger partial charge in [0, 0.05) is 12.6 Å². The molecule has 2 atom stereocenters. The van der Waals surface area contributed by atoms with E-state index in [1.165, 1.54) is 84.3 Å². The van der Waals surface area contributed by atoms with E-state index in [2.05, 4.69) is 29.0 Å². The van der Waals surface area contributed by atoms with E-state index in [1.54, 1.807) is 0 Å². The molecule has 0 aromatic rings. The molecule has 1 N–H and O–H groups in total. The van der Waals surface area contributed by atoms with Gasteiger partial charge in [0.1, 0.15) is 0 Å². The minimum absolute atomic E-state index is 0.688. The molecule has 2 saturated heterocycles. The van der Waals surface area contributed by atoms with Crippen molar-refractivity contribution < 1.29 is 0 Å². The van der Waals surface area contributed by atoms with E-state index in [0.717, 1.165) is 5.92 Å². The molecular formula is C17H35N3. The number of hydrogen-bond donors (Lipinski definition) is 1. The number of nitrogens with zero attached hydrogens (tertiary/aromatic N) is 2. The van der Waals surface area contributed by atoms with Gasteiger partial charge in [0.05, 0.1) is 0 Å². The molecule has 2 aliphatic heterocycles. The molecule has 2 fully saturated rings. The number of piperidine rings is 1. The molecule has 20 heavy (non-hydrogen) atoms. The summed E-state index contributed by atoms with van der Waals surface area (Å²) in [6, 6.07) is 0.688. The first kappa shape index (κ1) is 16.3. The van der Waals surface area contributed by atoms with E-state index in [4.69, 9.17) is 0 Å². The van der Waals surface area contributed by atoms with Gasteiger partial charge in [-0.25, -0.2) is 0 Å². The monoisotopic (exact) mass is 281 g/mol. The van der Waals surface area contributed by atoms with E-state index >= 15 is 0 Å². The average Bonchev–Trinajstić information content (AvgIpc) is 2.97. The van der Waals surface area contributed by atoms with Crippen LogP contribution in [0.25, 0.3) is 0 Å². The molecule has 0 amide bonds. The van der Waals surface area contributed by atoms with Gasteiger partial charge in [0.2, 0.25) is 0 Å². The largest absolute Gasteiger partial charge is 0.314 e. The highest BCUT2D eigenvalue weighted by molar-refractivity contribution is 4.80. The van der Waals surface area contributed by atoms with Gasteiger partial charge in [-0.1, -0.05) is 6.92 Å². The maximum Gasteiger partial charge on any atom is 0.00792 e. The van der Waals surface area contributed by atoms with Gasteiger partial charge in [0.15, 0.2) is 0 Å². The predicted molar refractivity (Wildman–Crippen MR) is 87.2 cm³/mol. The van der Waals surface area contributed by atoms with Crippen LogP contribution in [0.4, 0.5) is 0 Å². The van der Waals surface area contributed by atoms with Gasteiger partial charge < -0.3 is 15.1 Å². The number of nitrogens with one attached hydrogen (secondary N) is 1. The SMILES string of the molecule is CCCN1CCCC(C(C)NCCCN2CCCC2)C1. The van der Waals surface area contributed by atoms with Crippen LogP contribution in [0, 0.1) is 5.92 Å². The Hall–Kier alpha value is -0.120. The Kier molecular flexibility index (Phi) is 7.32. The topological polar surface area (TPSA) is 18.5 Å². The summed E-state index contributed by atoms with van der Waals surface area (Å²) in [5.41, 5.74) is 0. The highest BCUT2D eigenvalue weighted by atomic mass is 15.1. The van der Waals surface area contributed by atoms with Crippen molar-refractivity contribution in [1.82, 2.24) is 15.1 Å². The maximum atomic E-state index is 3.79. The van der Waals surface area contributed by atoms with Crippen molar-refractivity contribution >= 4 is 0 Å². The Morgan fingerprint density at radius 2 is 1.80 bits per heavy atom. The van der Waals surface area contributed by atoms with Crippen LogP contribution < -0.4 is 5.32 Å². The molecule has 3 heteroatoms. The zero-order valence-electron chi connectivity index (χ0n) is 13.7. The van der Waals surface area contributed by atoms with Gasteiger partial charge in [0.25, 0.3) is 0 Å². The molecule has 2 aliphatic rings. The molecule has 0 aliphatic carbocycles. The lowest BCUT2D eigenvalue weighted by Crippen LogP contribution is -2.45. The lowest BCUT2D eigenvalue weighted by Gasteiger charge is -2.36. The molecule has 0 spiro atoms. The molecule has 0 bridgehead atoms. The van der Waals surface area contributed by atoms with E-state index < -0.39 is 0 Å². The number of hydrogen-bond acceptors (Lipinski definition) is 3. The van der Waals surface area contributed by atoms with Crippen molar-refractivity contribution in [2.75, 3.05) is 45.8 Å². The third kappa shape index (κ3) is 5.34. The fourth-order valence-electron chi connectivity index (χ4n) is 3.82. The van der Waals surface area contributed by atoms with Gasteiger partial charge in [-0.15, -0.1) is 0 Å². The van der Waals surface area contributed by atoms with Crippen LogP contribution in [0.1, 0.15) is 52.4 Å². The highest BCUT2D eigenvalue weighted by Gasteiger charge is 2.23. The normalized spacial score (nSPS) is 27.0. The van der Waals surface area contributed by atoms with Crippen LogP contribution >= 0.6 is 0 Å². The third-order valence-corrected chi connectivity index (χ3v) is 5.11. The Labute approximate surface area is 126 Å². The summed E-state index contributed by atoms with van der Waals surface area (Å²) in [7, 11) is 0. The molecule has 2 rings (SSSR count). The average molecular weight is 281 g/mol. The molecule has 3 nitrogen and oxygen atoms in total. The second-order valence-electron chi connectivity index (χ2n) is 6.85. The van der Waals surface area contributed by atoms with E-state index in [0.29, 0.717) is 6.04 Å². The Balaban J connectivity index is 1.57. The zero-order valence-corrected chi connectivity index (χ0v) is 13.7. The minimum Gasteiger partial charge on any atom is -0.314 e. The predicted octanol–water partition coefficient (Wildman–Crippen LogP) is 2.57. The molecule has 2 heterocycles. The fraction of sp³-hybridized carbons (Fsp3) is 1.00. The van der Waals surface area contributed by atoms with Crippen LogP contribution in [0.5, 0.6) is 0 Å². The second kappa shape index (κ2) is 9.01. The van der Waals surface area contributed by atoms with Crippen molar-refractivity contribution in [3.63, 3.8) is 0 Å². The van der Waals surface area contributed by atoms with Crippen LogP contribution in [0.2, 0.25) is 0 Å². The van der Waals surface area contributed by atoms with Crippen molar-refractivity contribution in [2.45, 2.75) is 58.4 Å². The van der Waals surface area contributed by atoms with Gasteiger partial charge in [-0.05, 0) is 90.6 Å². The van der Waals surface area contributed by atoms with Gasteiger partial charge >= 0.3 is 0 Å².